The van der Waals surface area contributed by atoms with Crippen LogP contribution >= 0.6 is 0 Å². The molecule has 3 saturated carbocycles. The Hall–Kier alpha value is -2.24. The van der Waals surface area contributed by atoms with Crippen molar-refractivity contribution >= 4 is 11.8 Å². The number of carbonyl (C=O) groups excluding carboxylic acids is 2. The highest BCUT2D eigenvalue weighted by Gasteiger charge is 2.79. The fraction of sp³-hybridized carbons (Fsp3) is 0.938. The number of aliphatic hydroxyl groups excluding tert-OH is 15. The van der Waals surface area contributed by atoms with E-state index in [0.29, 0.717) is 44.4 Å². The molecule has 11 aliphatic rings. The van der Waals surface area contributed by atoms with E-state index in [1.54, 1.807) is 0 Å². The van der Waals surface area contributed by atoms with Gasteiger partial charge in [-0.2, -0.15) is 0 Å². The predicted octanol–water partition coefficient (Wildman–Crippen LogP) is -3.84. The third-order valence-corrected chi connectivity index (χ3v) is 23.9. The minimum Gasteiger partial charge on any atom is -0.458 e. The van der Waals surface area contributed by atoms with Gasteiger partial charge in [0.2, 0.25) is 0 Å². The summed E-state index contributed by atoms with van der Waals surface area (Å²) in [5.74, 6) is -0.462. The molecule has 0 radical (unpaired) electrons. The van der Waals surface area contributed by atoms with Crippen molar-refractivity contribution in [2.75, 3.05) is 40.1 Å². The molecular weight excluding hydrogens is 1280 g/mol. The van der Waals surface area contributed by atoms with Gasteiger partial charge in [0.15, 0.2) is 37.7 Å². The van der Waals surface area contributed by atoms with Crippen molar-refractivity contribution in [3.8, 4) is 0 Å². The molecule has 31 heteroatoms. The van der Waals surface area contributed by atoms with Gasteiger partial charge in [-0.05, 0) is 92.8 Å². The largest absolute Gasteiger partial charge is 0.458 e. The van der Waals surface area contributed by atoms with Gasteiger partial charge < -0.3 is 143 Å². The molecule has 15 N–H and O–H groups in total. The topological polar surface area (TPSA) is 467 Å². The Labute approximate surface area is 556 Å². The standard InChI is InChI=1S/C65H104O31/c1-25(2)11-10-16-64(8)53-29(69)19-63(7)28-12-13-35-61(4,5)36(15-17-62(35,6)27(28)14-18-65(53,63)60(82)96-64)91-59-52(40(74)34(24-85-59)90-57-47(81)51(39(73)33(22-68)88-57)94-56-43(77)41(75)37(71)31(20-66)87-56)95-55-44(78)42(76)48(26(3)86-55)92-54-45(79)49(30(70)23-84-54)93-58-46(80)50(83-9)38(72)32(21-67)89-58/h14,25-26,28,30-59,66-68,70-81H,10-13,15-24H2,1-9H3/t26?,28-,30-,31?,32?,33?,34-,35+,36+,37-,38-,39-,40?,41?,42?,43?,44?,45?,46?,47?,48-,49?,50?,51?,52?,53-,54+,55+,56+,57+,58+,59+,62-,63+,64+,65?/m1/s1. The van der Waals surface area contributed by atoms with Gasteiger partial charge in [-0.15, -0.1) is 0 Å². The molecule has 10 fully saturated rings. The molecule has 11 rings (SSSR count). The van der Waals surface area contributed by atoms with Crippen LogP contribution in [0.4, 0.5) is 0 Å². The number of rotatable bonds is 20. The molecule has 31 nitrogen and oxygen atoms in total. The van der Waals surface area contributed by atoms with Crippen LogP contribution < -0.4 is 0 Å². The molecule has 0 aromatic rings. The van der Waals surface area contributed by atoms with Crippen molar-refractivity contribution in [3.63, 3.8) is 0 Å². The third kappa shape index (κ3) is 12.8. The molecule has 7 heterocycles. The first kappa shape index (κ1) is 74.9. The van der Waals surface area contributed by atoms with Gasteiger partial charge in [0, 0.05) is 13.5 Å². The number of fused-ring (bicyclic) bond motifs is 4. The van der Waals surface area contributed by atoms with Crippen LogP contribution in [0.15, 0.2) is 11.6 Å². The minimum absolute atomic E-state index is 0.0495. The quantitative estimate of drug-likeness (QED) is 0.0315. The van der Waals surface area contributed by atoms with E-state index < -0.39 is 244 Å². The van der Waals surface area contributed by atoms with Gasteiger partial charge in [-0.1, -0.05) is 59.6 Å². The van der Waals surface area contributed by atoms with E-state index >= 15 is 0 Å². The molecule has 550 valence electrons. The van der Waals surface area contributed by atoms with Gasteiger partial charge in [-0.25, -0.2) is 0 Å². The maximum absolute atomic E-state index is 14.6. The van der Waals surface area contributed by atoms with Crippen molar-refractivity contribution in [2.45, 2.75) is 297 Å². The molecular formula is C65H104O31. The number of hydrogen-bond donors (Lipinski definition) is 15. The summed E-state index contributed by atoms with van der Waals surface area (Å²) in [7, 11) is 1.20. The van der Waals surface area contributed by atoms with E-state index in [1.807, 2.05) is 6.92 Å². The van der Waals surface area contributed by atoms with Crippen molar-refractivity contribution in [1.29, 1.82) is 0 Å². The number of methoxy groups -OCH3 is 1. The summed E-state index contributed by atoms with van der Waals surface area (Å²) in [5, 5.41) is 166. The number of cyclic esters (lactones) is 1. The van der Waals surface area contributed by atoms with Crippen molar-refractivity contribution in [3.05, 3.63) is 11.6 Å². The monoisotopic (exact) mass is 1380 g/mol. The van der Waals surface area contributed by atoms with Crippen LogP contribution in [0.1, 0.15) is 113 Å². The van der Waals surface area contributed by atoms with Crippen LogP contribution in [0.5, 0.6) is 0 Å². The Morgan fingerprint density at radius 3 is 1.76 bits per heavy atom. The predicted molar refractivity (Wildman–Crippen MR) is 320 cm³/mol. The lowest BCUT2D eigenvalue weighted by Gasteiger charge is -2.63. The summed E-state index contributed by atoms with van der Waals surface area (Å²) in [5.41, 5.74) is -2.49. The fourth-order valence-electron chi connectivity index (χ4n) is 18.6. The molecule has 7 aliphatic heterocycles. The zero-order valence-corrected chi connectivity index (χ0v) is 55.8. The highest BCUT2D eigenvalue weighted by molar-refractivity contribution is 5.99. The second kappa shape index (κ2) is 28.8. The summed E-state index contributed by atoms with van der Waals surface area (Å²) >= 11 is 0. The number of aliphatic hydroxyl groups is 15. The fourth-order valence-corrected chi connectivity index (χ4v) is 18.6. The summed E-state index contributed by atoms with van der Waals surface area (Å²) in [6, 6.07) is 0. The Morgan fingerprint density at radius 1 is 0.562 bits per heavy atom. The second-order valence-corrected chi connectivity index (χ2v) is 30.4. The lowest BCUT2D eigenvalue weighted by molar-refractivity contribution is -0.394. The van der Waals surface area contributed by atoms with E-state index in [9.17, 15) is 86.2 Å². The first-order valence-corrected chi connectivity index (χ1v) is 34.0. The van der Waals surface area contributed by atoms with Crippen LogP contribution in [-0.2, 0) is 75.9 Å². The molecule has 0 bridgehead atoms. The number of ether oxygens (including phenoxy) is 14. The van der Waals surface area contributed by atoms with E-state index in [-0.39, 0.29) is 30.0 Å². The lowest BCUT2D eigenvalue weighted by atomic mass is 9.41. The van der Waals surface area contributed by atoms with Crippen molar-refractivity contribution in [2.24, 2.45) is 45.3 Å². The summed E-state index contributed by atoms with van der Waals surface area (Å²) in [6.45, 7) is 12.7. The van der Waals surface area contributed by atoms with Gasteiger partial charge in [0.25, 0.3) is 0 Å². The number of Topliss-reactive ketones (excluding diaryl/α,β-unsaturated/α-hetero) is 1. The first-order chi connectivity index (χ1) is 45.3. The van der Waals surface area contributed by atoms with E-state index in [0.717, 1.165) is 12.8 Å². The maximum atomic E-state index is 14.6. The molecule has 7 saturated heterocycles. The molecule has 4 aliphatic carbocycles. The van der Waals surface area contributed by atoms with Crippen LogP contribution in [0.2, 0.25) is 0 Å². The molecule has 1 spiro atoms. The Morgan fingerprint density at radius 2 is 1.11 bits per heavy atom. The van der Waals surface area contributed by atoms with Crippen LogP contribution in [0.3, 0.4) is 0 Å². The number of hydrogen-bond acceptors (Lipinski definition) is 31. The summed E-state index contributed by atoms with van der Waals surface area (Å²) < 4.78 is 84.2. The number of ketones is 1. The maximum Gasteiger partial charge on any atom is 0.314 e. The molecule has 0 amide bonds. The third-order valence-electron chi connectivity index (χ3n) is 23.9. The zero-order valence-electron chi connectivity index (χ0n) is 55.8. The van der Waals surface area contributed by atoms with Crippen molar-refractivity contribution in [1.82, 2.24) is 0 Å². The lowest BCUT2D eigenvalue weighted by Crippen LogP contribution is -2.67. The number of carbonyl (C=O) groups is 2. The highest BCUT2D eigenvalue weighted by atomic mass is 16.8. The average molecular weight is 1380 g/mol. The molecule has 0 aromatic carbocycles. The number of esters is 1. The molecule has 36 atom stereocenters. The summed E-state index contributed by atoms with van der Waals surface area (Å²) in [4.78, 5) is 29.1. The molecule has 0 aromatic heterocycles. The van der Waals surface area contributed by atoms with Crippen LogP contribution in [-0.4, -0.2) is 312 Å². The van der Waals surface area contributed by atoms with Gasteiger partial charge in [0.05, 0.1) is 56.6 Å². The van der Waals surface area contributed by atoms with Gasteiger partial charge in [0.1, 0.15) is 140 Å². The first-order valence-electron chi connectivity index (χ1n) is 34.0. The summed E-state index contributed by atoms with van der Waals surface area (Å²) in [6.07, 6.45) is -40.6. The smallest absolute Gasteiger partial charge is 0.314 e. The van der Waals surface area contributed by atoms with E-state index in [2.05, 4.69) is 47.6 Å². The Kier molecular flexibility index (Phi) is 22.5. The normalized spacial score (nSPS) is 52.7. The number of allylic oxidation sites excluding steroid dienone is 2. The highest BCUT2D eigenvalue weighted by Crippen LogP contribution is 2.75. The Bertz CT molecular complexity index is 2710. The minimum atomic E-state index is -2.03. The van der Waals surface area contributed by atoms with E-state index in [1.165, 1.54) is 19.6 Å². The zero-order chi connectivity index (χ0) is 69.8. The van der Waals surface area contributed by atoms with Crippen molar-refractivity contribution < 1.29 is 153 Å². The van der Waals surface area contributed by atoms with E-state index in [4.69, 9.17) is 66.3 Å². The van der Waals surface area contributed by atoms with Gasteiger partial charge >= 0.3 is 5.97 Å². The SMILES string of the molecule is COC1C(O)[C@H](OC2C(O)[C@H](O[C@@H]3C(C)O[C@@H](OC4C(O)[C@H](O[C@@H]5OC(CO)[C@@H](O)C(O[C@@H]6OC(CO)[C@@H](O)C(O)C6O)C5O)CO[C@H]4O[C@H]4CC[C@]5(C)C6=CCC78C(=O)O[C@@](C)(CCCC(C)C)[C@H]7C(=O)C[C@@]8(C)[C@@H]6CC[C@H]5C4(C)C)C(O)C3O)OC[C@H]2O)OC(CO)[C@H]1O. The van der Waals surface area contributed by atoms with Crippen LogP contribution in [0.25, 0.3) is 0 Å². The van der Waals surface area contributed by atoms with Crippen LogP contribution in [0, 0.1) is 45.3 Å². The molecule has 96 heavy (non-hydrogen) atoms. The van der Waals surface area contributed by atoms with Gasteiger partial charge in [-0.3, -0.25) is 9.59 Å². The molecule has 17 unspecified atom stereocenters. The Balaban J connectivity index is 0.826. The second-order valence-electron chi connectivity index (χ2n) is 30.4. The average Bonchev–Trinajstić information content (AvgIpc) is 1.47.